The van der Waals surface area contributed by atoms with Crippen LogP contribution in [0.4, 0.5) is 5.69 Å². The average molecular weight is 346 g/mol. The van der Waals surface area contributed by atoms with E-state index in [1.54, 1.807) is 0 Å². The van der Waals surface area contributed by atoms with Crippen LogP contribution in [-0.4, -0.2) is 17.5 Å². The van der Waals surface area contributed by atoms with Crippen molar-refractivity contribution in [3.05, 3.63) is 39.8 Å². The summed E-state index contributed by atoms with van der Waals surface area (Å²) in [5, 5.41) is 3.98. The number of nitrogens with one attached hydrogen (secondary N) is 1. The van der Waals surface area contributed by atoms with Crippen LogP contribution in [0, 0.1) is 12.8 Å². The number of hydrogen-bond acceptors (Lipinski definition) is 4. The summed E-state index contributed by atoms with van der Waals surface area (Å²) in [6, 6.07) is 7.56. The Morgan fingerprint density at radius 3 is 2.79 bits per heavy atom. The maximum atomic E-state index is 12.6. The Bertz CT molecular complexity index is 680. The van der Waals surface area contributed by atoms with E-state index < -0.39 is 0 Å². The molecular weight excluding hydrogens is 320 g/mol. The predicted octanol–water partition coefficient (Wildman–Crippen LogP) is 5.08. The van der Waals surface area contributed by atoms with Crippen LogP contribution < -0.4 is 10.1 Å². The highest BCUT2D eigenvalue weighted by Gasteiger charge is 2.17. The van der Waals surface area contributed by atoms with Gasteiger partial charge >= 0.3 is 0 Å². The highest BCUT2D eigenvalue weighted by atomic mass is 32.1. The predicted molar refractivity (Wildman–Crippen MR) is 100 cm³/mol. The van der Waals surface area contributed by atoms with E-state index in [4.69, 9.17) is 4.74 Å². The lowest BCUT2D eigenvalue weighted by Gasteiger charge is -2.11. The number of carbonyl (C=O) groups excluding carboxylic acids is 1. The van der Waals surface area contributed by atoms with E-state index in [9.17, 15) is 4.79 Å². The molecule has 0 radical (unpaired) electrons. The second kappa shape index (κ2) is 8.83. The number of carbonyl (C=O) groups is 1. The summed E-state index contributed by atoms with van der Waals surface area (Å²) in [6.45, 7) is 8.97. The van der Waals surface area contributed by atoms with E-state index in [0.29, 0.717) is 28.8 Å². The first-order valence-electron chi connectivity index (χ1n) is 8.50. The molecule has 0 saturated carbocycles. The number of unbranched alkanes of at least 4 members (excludes halogenated alkanes) is 1. The summed E-state index contributed by atoms with van der Waals surface area (Å²) in [4.78, 5) is 17.8. The topological polar surface area (TPSA) is 51.2 Å². The molecule has 0 atom stereocenters. The van der Waals surface area contributed by atoms with Gasteiger partial charge in [0.05, 0.1) is 23.0 Å². The monoisotopic (exact) mass is 346 g/mol. The maximum Gasteiger partial charge on any atom is 0.267 e. The number of benzene rings is 1. The molecular formula is C19H26N2O2S. The number of thiazole rings is 1. The fourth-order valence-electron chi connectivity index (χ4n) is 2.30. The molecule has 2 aromatic rings. The van der Waals surface area contributed by atoms with Gasteiger partial charge in [0.25, 0.3) is 5.91 Å². The number of anilines is 1. The van der Waals surface area contributed by atoms with E-state index in [2.05, 4.69) is 31.1 Å². The van der Waals surface area contributed by atoms with Gasteiger partial charge in [-0.1, -0.05) is 39.3 Å². The zero-order chi connectivity index (χ0) is 17.5. The molecule has 4 nitrogen and oxygen atoms in total. The third-order valence-electron chi connectivity index (χ3n) is 3.52. The number of rotatable bonds is 8. The Hall–Kier alpha value is -1.88. The van der Waals surface area contributed by atoms with E-state index >= 15 is 0 Å². The zero-order valence-electron chi connectivity index (χ0n) is 14.9. The van der Waals surface area contributed by atoms with Crippen LogP contribution in [0.25, 0.3) is 0 Å². The SMILES string of the molecule is CCCCOc1ccccc1NC(=O)c1sc(CC(C)C)nc1C. The molecule has 0 unspecified atom stereocenters. The normalized spacial score (nSPS) is 10.9. The summed E-state index contributed by atoms with van der Waals surface area (Å²) in [5.41, 5.74) is 1.49. The van der Waals surface area contributed by atoms with Crippen molar-refractivity contribution in [1.29, 1.82) is 0 Å². The molecule has 0 aliphatic heterocycles. The minimum Gasteiger partial charge on any atom is -0.491 e. The minimum atomic E-state index is -0.119. The molecule has 1 heterocycles. The van der Waals surface area contributed by atoms with Gasteiger partial charge < -0.3 is 10.1 Å². The second-order valence-electron chi connectivity index (χ2n) is 6.27. The number of ether oxygens (including phenoxy) is 1. The molecule has 24 heavy (non-hydrogen) atoms. The molecule has 2 rings (SSSR count). The summed E-state index contributed by atoms with van der Waals surface area (Å²) < 4.78 is 5.78. The Morgan fingerprint density at radius 1 is 1.33 bits per heavy atom. The number of nitrogens with zero attached hydrogens (tertiary/aromatic N) is 1. The lowest BCUT2D eigenvalue weighted by Crippen LogP contribution is -2.12. The van der Waals surface area contributed by atoms with Gasteiger partial charge in [-0.25, -0.2) is 4.98 Å². The van der Waals surface area contributed by atoms with Gasteiger partial charge in [-0.05, 0) is 31.4 Å². The van der Waals surface area contributed by atoms with Gasteiger partial charge in [-0.3, -0.25) is 4.79 Å². The van der Waals surface area contributed by atoms with Crippen LogP contribution in [0.3, 0.4) is 0 Å². The Kier molecular flexibility index (Phi) is 6.79. The van der Waals surface area contributed by atoms with Crippen LogP contribution in [0.1, 0.15) is 54.0 Å². The van der Waals surface area contributed by atoms with Crippen molar-refractivity contribution in [3.63, 3.8) is 0 Å². The van der Waals surface area contributed by atoms with E-state index in [1.165, 1.54) is 11.3 Å². The molecule has 1 aromatic carbocycles. The van der Waals surface area contributed by atoms with E-state index in [1.807, 2.05) is 31.2 Å². The molecule has 1 N–H and O–H groups in total. The average Bonchev–Trinajstić information content (AvgIpc) is 2.89. The molecule has 5 heteroatoms. The molecule has 0 fully saturated rings. The van der Waals surface area contributed by atoms with Gasteiger partial charge in [-0.15, -0.1) is 11.3 Å². The van der Waals surface area contributed by atoms with Crippen molar-refractivity contribution in [2.24, 2.45) is 5.92 Å². The van der Waals surface area contributed by atoms with Crippen molar-refractivity contribution in [3.8, 4) is 5.75 Å². The summed E-state index contributed by atoms with van der Waals surface area (Å²) in [7, 11) is 0. The first-order valence-corrected chi connectivity index (χ1v) is 9.32. The van der Waals surface area contributed by atoms with Gasteiger partial charge in [0.1, 0.15) is 10.6 Å². The smallest absolute Gasteiger partial charge is 0.267 e. The number of amides is 1. The highest BCUT2D eigenvalue weighted by molar-refractivity contribution is 7.13. The van der Waals surface area contributed by atoms with Gasteiger partial charge in [0.15, 0.2) is 0 Å². The Morgan fingerprint density at radius 2 is 2.08 bits per heavy atom. The fourth-order valence-corrected chi connectivity index (χ4v) is 3.47. The molecule has 0 saturated heterocycles. The summed E-state index contributed by atoms with van der Waals surface area (Å²) in [5.74, 6) is 1.12. The lowest BCUT2D eigenvalue weighted by atomic mass is 10.1. The highest BCUT2D eigenvalue weighted by Crippen LogP contribution is 2.27. The molecule has 0 aliphatic carbocycles. The van der Waals surface area contributed by atoms with Crippen LogP contribution in [0.5, 0.6) is 5.75 Å². The maximum absolute atomic E-state index is 12.6. The minimum absolute atomic E-state index is 0.119. The first kappa shape index (κ1) is 18.5. The standard InChI is InChI=1S/C19H26N2O2S/c1-5-6-11-23-16-10-8-7-9-15(16)21-19(22)18-14(4)20-17(24-18)12-13(2)3/h7-10,13H,5-6,11-12H2,1-4H3,(H,21,22). The Balaban J connectivity index is 2.11. The van der Waals surface area contributed by atoms with Gasteiger partial charge in [-0.2, -0.15) is 0 Å². The number of para-hydroxylation sites is 2. The van der Waals surface area contributed by atoms with Crippen molar-refractivity contribution < 1.29 is 9.53 Å². The quantitative estimate of drug-likeness (QED) is 0.678. The van der Waals surface area contributed by atoms with Crippen LogP contribution in [0.2, 0.25) is 0 Å². The van der Waals surface area contributed by atoms with Crippen molar-refractivity contribution in [1.82, 2.24) is 4.98 Å². The van der Waals surface area contributed by atoms with Crippen molar-refractivity contribution in [2.75, 3.05) is 11.9 Å². The number of hydrogen-bond donors (Lipinski definition) is 1. The second-order valence-corrected chi connectivity index (χ2v) is 7.36. The van der Waals surface area contributed by atoms with Crippen LogP contribution >= 0.6 is 11.3 Å². The van der Waals surface area contributed by atoms with Gasteiger partial charge in [0, 0.05) is 6.42 Å². The third kappa shape index (κ3) is 5.06. The summed E-state index contributed by atoms with van der Waals surface area (Å²) in [6.07, 6.45) is 2.97. The molecule has 1 amide bonds. The van der Waals surface area contributed by atoms with E-state index in [0.717, 1.165) is 30.0 Å². The first-order chi connectivity index (χ1) is 11.5. The largest absolute Gasteiger partial charge is 0.491 e. The van der Waals surface area contributed by atoms with Crippen LogP contribution in [0.15, 0.2) is 24.3 Å². The van der Waals surface area contributed by atoms with Gasteiger partial charge in [0.2, 0.25) is 0 Å². The lowest BCUT2D eigenvalue weighted by molar-refractivity contribution is 0.102. The molecule has 0 spiro atoms. The molecule has 130 valence electrons. The number of aryl methyl sites for hydroxylation is 1. The zero-order valence-corrected chi connectivity index (χ0v) is 15.7. The van der Waals surface area contributed by atoms with Crippen molar-refractivity contribution in [2.45, 2.75) is 47.0 Å². The molecule has 0 aliphatic rings. The van der Waals surface area contributed by atoms with Crippen molar-refractivity contribution >= 4 is 22.9 Å². The van der Waals surface area contributed by atoms with E-state index in [-0.39, 0.29) is 5.91 Å². The fraction of sp³-hybridized carbons (Fsp3) is 0.474. The molecule has 0 bridgehead atoms. The third-order valence-corrected chi connectivity index (χ3v) is 4.70. The Labute approximate surface area is 148 Å². The number of aromatic nitrogens is 1. The summed E-state index contributed by atoms with van der Waals surface area (Å²) >= 11 is 1.48. The van der Waals surface area contributed by atoms with Crippen LogP contribution in [-0.2, 0) is 6.42 Å². The molecule has 1 aromatic heterocycles.